The van der Waals surface area contributed by atoms with E-state index in [0.717, 1.165) is 12.8 Å². The van der Waals surface area contributed by atoms with Gasteiger partial charge in [0.2, 0.25) is 0 Å². The van der Waals surface area contributed by atoms with Crippen LogP contribution in [-0.4, -0.2) is 25.3 Å². The van der Waals surface area contributed by atoms with Crippen LogP contribution in [-0.2, 0) is 9.53 Å². The molecule has 0 radical (unpaired) electrons. The number of methoxy groups -OCH3 is 1. The Hall–Kier alpha value is -1.14. The first-order chi connectivity index (χ1) is 7.41. The number of hydrogen-bond donors (Lipinski definition) is 0. The van der Waals surface area contributed by atoms with Crippen LogP contribution in [0.5, 0.6) is 0 Å². The summed E-state index contributed by atoms with van der Waals surface area (Å²) < 4.78 is 36.3. The molecular weight excluding hydrogens is 227 g/mol. The van der Waals surface area contributed by atoms with E-state index >= 15 is 0 Å². The van der Waals surface area contributed by atoms with E-state index in [2.05, 4.69) is 9.91 Å². The van der Waals surface area contributed by atoms with Crippen molar-refractivity contribution in [2.24, 2.45) is 5.18 Å². The second kappa shape index (κ2) is 7.19. The lowest BCUT2D eigenvalue weighted by Crippen LogP contribution is -2.23. The maximum Gasteiger partial charge on any atom is 0.490 e. The summed E-state index contributed by atoms with van der Waals surface area (Å²) in [6.07, 6.45) is 0.917. The van der Waals surface area contributed by atoms with Gasteiger partial charge >= 0.3 is 12.1 Å². The van der Waals surface area contributed by atoms with Gasteiger partial charge in [-0.2, -0.15) is 18.1 Å². The molecule has 0 aliphatic heterocycles. The molecule has 0 N–H and O–H groups in total. The van der Waals surface area contributed by atoms with Gasteiger partial charge in [0, 0.05) is 0 Å². The maximum absolute atomic E-state index is 11.0. The van der Waals surface area contributed by atoms with Crippen molar-refractivity contribution in [2.75, 3.05) is 7.11 Å². The van der Waals surface area contributed by atoms with Crippen LogP contribution in [0.15, 0.2) is 5.18 Å². The second-order valence-electron chi connectivity index (χ2n) is 3.39. The summed E-state index contributed by atoms with van der Waals surface area (Å²) in [6.45, 7) is 0. The highest BCUT2D eigenvalue weighted by Crippen LogP contribution is 2.19. The van der Waals surface area contributed by atoms with Crippen molar-refractivity contribution in [1.29, 1.82) is 0 Å². The molecule has 7 heteroatoms. The Morgan fingerprint density at radius 2 is 1.75 bits per heavy atom. The van der Waals surface area contributed by atoms with E-state index in [4.69, 9.17) is 0 Å². The van der Waals surface area contributed by atoms with Gasteiger partial charge in [-0.15, -0.1) is 0 Å². The minimum atomic E-state index is -4.85. The summed E-state index contributed by atoms with van der Waals surface area (Å²) in [5.41, 5.74) is 0. The molecule has 0 heterocycles. The molecule has 16 heavy (non-hydrogen) atoms. The van der Waals surface area contributed by atoms with Gasteiger partial charge in [0.15, 0.2) is 0 Å². The summed E-state index contributed by atoms with van der Waals surface area (Å²) >= 11 is 0. The predicted molar refractivity (Wildman–Crippen MR) is 50.7 cm³/mol. The molecule has 0 atom stereocenters. The highest BCUT2D eigenvalue weighted by atomic mass is 19.4. The molecule has 0 aromatic carbocycles. The second-order valence-corrected chi connectivity index (χ2v) is 3.39. The number of hydrogen-bond acceptors (Lipinski definition) is 4. The fourth-order valence-corrected chi connectivity index (χ4v) is 1.30. The smallest absolute Gasteiger partial charge is 0.462 e. The lowest BCUT2D eigenvalue weighted by Gasteiger charge is -2.13. The number of nitroso groups, excluding NO2 is 1. The van der Waals surface area contributed by atoms with Gasteiger partial charge in [0.05, 0.1) is 13.2 Å². The average Bonchev–Trinajstić information content (AvgIpc) is 2.28. The standard InChI is InChI=1S/C6H11NO.C3H3F3O2/c8-7-6-4-2-1-3-5-6;1-8-2(7)3(4,5)6/h6H,1-5H2;1H3. The topological polar surface area (TPSA) is 55.7 Å². The highest BCUT2D eigenvalue weighted by molar-refractivity contribution is 5.75. The number of nitrogens with zero attached hydrogens (tertiary/aromatic N) is 1. The Kier molecular flexibility index (Phi) is 6.67. The van der Waals surface area contributed by atoms with E-state index in [0.29, 0.717) is 7.11 Å². The monoisotopic (exact) mass is 241 g/mol. The lowest BCUT2D eigenvalue weighted by atomic mass is 9.96. The Bertz CT molecular complexity index is 225. The van der Waals surface area contributed by atoms with Gasteiger partial charge < -0.3 is 4.74 Å². The first-order valence-corrected chi connectivity index (χ1v) is 4.89. The fraction of sp³-hybridized carbons (Fsp3) is 0.889. The Morgan fingerprint density at radius 1 is 1.25 bits per heavy atom. The SMILES string of the molecule is COC(=O)C(F)(F)F.O=NC1CCCCC1. The predicted octanol–water partition coefficient (Wildman–Crippen LogP) is 2.81. The maximum atomic E-state index is 11.0. The van der Waals surface area contributed by atoms with Crippen LogP contribution in [0.2, 0.25) is 0 Å². The van der Waals surface area contributed by atoms with Crippen LogP contribution in [0.1, 0.15) is 32.1 Å². The van der Waals surface area contributed by atoms with Gasteiger partial charge in [-0.3, -0.25) is 0 Å². The molecular formula is C9H14F3NO3. The zero-order chi connectivity index (χ0) is 12.6. The average molecular weight is 241 g/mol. The van der Waals surface area contributed by atoms with Crippen LogP contribution >= 0.6 is 0 Å². The molecule has 0 unspecified atom stereocenters. The van der Waals surface area contributed by atoms with E-state index in [9.17, 15) is 22.9 Å². The Balaban J connectivity index is 0.000000281. The minimum absolute atomic E-state index is 0.156. The number of alkyl halides is 3. The number of halogens is 3. The number of carbonyl (C=O) groups excluding carboxylic acids is 1. The molecule has 4 nitrogen and oxygen atoms in total. The zero-order valence-electron chi connectivity index (χ0n) is 8.92. The van der Waals surface area contributed by atoms with Gasteiger partial charge in [0.1, 0.15) is 0 Å². The minimum Gasteiger partial charge on any atom is -0.462 e. The largest absolute Gasteiger partial charge is 0.490 e. The third-order valence-corrected chi connectivity index (χ3v) is 2.14. The van der Waals surface area contributed by atoms with Gasteiger partial charge in [-0.25, -0.2) is 4.79 Å². The molecule has 1 rings (SSSR count). The van der Waals surface area contributed by atoms with E-state index < -0.39 is 12.1 Å². The van der Waals surface area contributed by atoms with E-state index in [1.165, 1.54) is 19.3 Å². The van der Waals surface area contributed by atoms with Crippen molar-refractivity contribution in [1.82, 2.24) is 0 Å². The lowest BCUT2D eigenvalue weighted by molar-refractivity contribution is -0.196. The Labute approximate surface area is 91.1 Å². The van der Waals surface area contributed by atoms with Crippen LogP contribution in [0.25, 0.3) is 0 Å². The van der Waals surface area contributed by atoms with Crippen molar-refractivity contribution in [3.63, 3.8) is 0 Å². The number of rotatable bonds is 1. The van der Waals surface area contributed by atoms with Crippen molar-refractivity contribution in [2.45, 2.75) is 44.3 Å². The van der Waals surface area contributed by atoms with Crippen LogP contribution in [0.3, 0.4) is 0 Å². The summed E-state index contributed by atoms with van der Waals surface area (Å²) in [4.78, 5) is 19.4. The molecule has 0 aromatic rings. The molecule has 94 valence electrons. The van der Waals surface area contributed by atoms with Gasteiger partial charge in [-0.1, -0.05) is 24.4 Å². The molecule has 1 fully saturated rings. The molecule has 1 aliphatic rings. The van der Waals surface area contributed by atoms with Crippen molar-refractivity contribution < 1.29 is 22.7 Å². The van der Waals surface area contributed by atoms with E-state index in [-0.39, 0.29) is 6.04 Å². The first-order valence-electron chi connectivity index (χ1n) is 4.89. The molecule has 1 saturated carbocycles. The number of ether oxygens (including phenoxy) is 1. The molecule has 1 aliphatic carbocycles. The van der Waals surface area contributed by atoms with Crippen molar-refractivity contribution >= 4 is 5.97 Å². The highest BCUT2D eigenvalue weighted by Gasteiger charge is 2.39. The quantitative estimate of drug-likeness (QED) is 0.524. The third kappa shape index (κ3) is 6.36. The van der Waals surface area contributed by atoms with Crippen LogP contribution < -0.4 is 0 Å². The summed E-state index contributed by atoms with van der Waals surface area (Å²) in [7, 11) is 0.676. The Morgan fingerprint density at radius 3 is 1.94 bits per heavy atom. The van der Waals surface area contributed by atoms with E-state index in [1.54, 1.807) is 0 Å². The van der Waals surface area contributed by atoms with Crippen LogP contribution in [0.4, 0.5) is 13.2 Å². The van der Waals surface area contributed by atoms with Gasteiger partial charge in [0.25, 0.3) is 0 Å². The summed E-state index contributed by atoms with van der Waals surface area (Å²) in [5.74, 6) is -2.17. The molecule has 0 spiro atoms. The van der Waals surface area contributed by atoms with Crippen molar-refractivity contribution in [3.05, 3.63) is 4.91 Å². The fourth-order valence-electron chi connectivity index (χ4n) is 1.30. The molecule has 0 saturated heterocycles. The van der Waals surface area contributed by atoms with Crippen molar-refractivity contribution in [3.8, 4) is 0 Å². The normalized spacial score (nSPS) is 17.0. The third-order valence-electron chi connectivity index (χ3n) is 2.14. The van der Waals surface area contributed by atoms with E-state index in [1.807, 2.05) is 0 Å². The molecule has 0 bridgehead atoms. The number of esters is 1. The number of carbonyl (C=O) groups is 1. The van der Waals surface area contributed by atoms with Crippen LogP contribution in [0, 0.1) is 4.91 Å². The molecule has 0 aromatic heterocycles. The summed E-state index contributed by atoms with van der Waals surface area (Å²) in [6, 6.07) is 0.156. The molecule has 0 amide bonds. The van der Waals surface area contributed by atoms with Gasteiger partial charge in [-0.05, 0) is 12.8 Å². The zero-order valence-corrected chi connectivity index (χ0v) is 8.92. The first kappa shape index (κ1) is 14.9. The summed E-state index contributed by atoms with van der Waals surface area (Å²) in [5, 5.41) is 3.00.